The zero-order chi connectivity index (χ0) is 19.2. The summed E-state index contributed by atoms with van der Waals surface area (Å²) in [5, 5.41) is 5.27. The first-order valence-corrected chi connectivity index (χ1v) is 9.52. The van der Waals surface area contributed by atoms with E-state index in [4.69, 9.17) is 13.9 Å². The first-order valence-electron chi connectivity index (χ1n) is 8.64. The third-order valence-electron chi connectivity index (χ3n) is 3.72. The van der Waals surface area contributed by atoms with Crippen LogP contribution in [0.1, 0.15) is 30.1 Å². The number of benzene rings is 1. The molecule has 1 N–H and O–H groups in total. The molecule has 0 bridgehead atoms. The SMILES string of the molecule is COc1cc(-c2nc(C(=O)NCc3ccco3)cs2)ccc1OCC(C)C. The fourth-order valence-electron chi connectivity index (χ4n) is 2.36. The van der Waals surface area contributed by atoms with Crippen LogP contribution in [0.3, 0.4) is 0 Å². The molecular weight excluding hydrogens is 364 g/mol. The minimum absolute atomic E-state index is 0.238. The van der Waals surface area contributed by atoms with Crippen LogP contribution in [0.4, 0.5) is 0 Å². The molecule has 0 unspecified atom stereocenters. The number of carbonyl (C=O) groups excluding carboxylic acids is 1. The van der Waals surface area contributed by atoms with Crippen molar-refractivity contribution in [3.63, 3.8) is 0 Å². The number of furan rings is 1. The Hall–Kier alpha value is -2.80. The highest BCUT2D eigenvalue weighted by atomic mass is 32.1. The Labute approximate surface area is 162 Å². The maximum absolute atomic E-state index is 12.3. The lowest BCUT2D eigenvalue weighted by atomic mass is 10.2. The summed E-state index contributed by atoms with van der Waals surface area (Å²) < 4.78 is 16.4. The Morgan fingerprint density at radius 3 is 2.85 bits per heavy atom. The van der Waals surface area contributed by atoms with E-state index in [0.29, 0.717) is 42.0 Å². The summed E-state index contributed by atoms with van der Waals surface area (Å²) in [6.45, 7) is 5.13. The van der Waals surface area contributed by atoms with E-state index in [1.165, 1.54) is 11.3 Å². The molecule has 0 aliphatic heterocycles. The number of hydrogen-bond acceptors (Lipinski definition) is 6. The molecule has 0 saturated carbocycles. The lowest BCUT2D eigenvalue weighted by molar-refractivity contribution is 0.0944. The van der Waals surface area contributed by atoms with Gasteiger partial charge in [-0.3, -0.25) is 4.79 Å². The Morgan fingerprint density at radius 2 is 2.15 bits per heavy atom. The van der Waals surface area contributed by atoms with E-state index in [1.54, 1.807) is 24.8 Å². The number of amides is 1. The van der Waals surface area contributed by atoms with Gasteiger partial charge in [-0.05, 0) is 36.2 Å². The number of nitrogens with zero attached hydrogens (tertiary/aromatic N) is 1. The molecule has 27 heavy (non-hydrogen) atoms. The summed E-state index contributed by atoms with van der Waals surface area (Å²) in [5.41, 5.74) is 1.25. The fourth-order valence-corrected chi connectivity index (χ4v) is 3.16. The van der Waals surface area contributed by atoms with Gasteiger partial charge in [-0.1, -0.05) is 13.8 Å². The molecule has 3 rings (SSSR count). The number of carbonyl (C=O) groups is 1. The van der Waals surface area contributed by atoms with Gasteiger partial charge in [0, 0.05) is 10.9 Å². The summed E-state index contributed by atoms with van der Waals surface area (Å²) in [4.78, 5) is 16.7. The molecule has 0 radical (unpaired) electrons. The van der Waals surface area contributed by atoms with Crippen molar-refractivity contribution in [1.82, 2.24) is 10.3 Å². The van der Waals surface area contributed by atoms with Gasteiger partial charge in [-0.15, -0.1) is 11.3 Å². The molecule has 2 heterocycles. The Balaban J connectivity index is 1.70. The second kappa shape index (κ2) is 8.73. The third kappa shape index (κ3) is 4.89. The van der Waals surface area contributed by atoms with Crippen molar-refractivity contribution in [2.75, 3.05) is 13.7 Å². The minimum Gasteiger partial charge on any atom is -0.493 e. The molecule has 6 nitrogen and oxygen atoms in total. The lowest BCUT2D eigenvalue weighted by Gasteiger charge is -2.13. The van der Waals surface area contributed by atoms with Crippen LogP contribution in [0.2, 0.25) is 0 Å². The van der Waals surface area contributed by atoms with E-state index in [1.807, 2.05) is 24.3 Å². The first-order chi connectivity index (χ1) is 13.1. The van der Waals surface area contributed by atoms with Crippen molar-refractivity contribution < 1.29 is 18.7 Å². The number of nitrogens with one attached hydrogen (secondary N) is 1. The summed E-state index contributed by atoms with van der Waals surface area (Å²) in [5.74, 6) is 2.23. The highest BCUT2D eigenvalue weighted by Crippen LogP contribution is 2.34. The van der Waals surface area contributed by atoms with Crippen molar-refractivity contribution in [2.24, 2.45) is 5.92 Å². The predicted octanol–water partition coefficient (Wildman–Crippen LogP) is 4.38. The van der Waals surface area contributed by atoms with E-state index in [9.17, 15) is 4.79 Å². The van der Waals surface area contributed by atoms with E-state index < -0.39 is 0 Å². The van der Waals surface area contributed by atoms with Crippen LogP contribution >= 0.6 is 11.3 Å². The maximum atomic E-state index is 12.3. The van der Waals surface area contributed by atoms with Gasteiger partial charge >= 0.3 is 0 Å². The molecule has 142 valence electrons. The van der Waals surface area contributed by atoms with Crippen LogP contribution in [-0.4, -0.2) is 24.6 Å². The predicted molar refractivity (Wildman–Crippen MR) is 104 cm³/mol. The van der Waals surface area contributed by atoms with Gasteiger partial charge in [-0.2, -0.15) is 0 Å². The van der Waals surface area contributed by atoms with Gasteiger partial charge in [0.1, 0.15) is 16.5 Å². The molecule has 0 fully saturated rings. The van der Waals surface area contributed by atoms with E-state index >= 15 is 0 Å². The number of hydrogen-bond donors (Lipinski definition) is 1. The topological polar surface area (TPSA) is 73.6 Å². The minimum atomic E-state index is -0.238. The van der Waals surface area contributed by atoms with Gasteiger partial charge in [0.25, 0.3) is 5.91 Å². The Kier molecular flexibility index (Phi) is 6.13. The number of methoxy groups -OCH3 is 1. The smallest absolute Gasteiger partial charge is 0.271 e. The average molecular weight is 386 g/mol. The monoisotopic (exact) mass is 386 g/mol. The molecule has 0 atom stereocenters. The summed E-state index contributed by atoms with van der Waals surface area (Å²) >= 11 is 1.41. The van der Waals surface area contributed by atoms with E-state index in [0.717, 1.165) is 10.6 Å². The average Bonchev–Trinajstić information content (AvgIpc) is 3.36. The highest BCUT2D eigenvalue weighted by Gasteiger charge is 2.14. The molecule has 1 aromatic carbocycles. The van der Waals surface area contributed by atoms with Gasteiger partial charge in [0.15, 0.2) is 11.5 Å². The first kappa shape index (κ1) is 19.0. The normalized spacial score (nSPS) is 10.8. The largest absolute Gasteiger partial charge is 0.493 e. The molecule has 1 amide bonds. The molecule has 0 aliphatic carbocycles. The summed E-state index contributed by atoms with van der Waals surface area (Å²) in [7, 11) is 1.61. The van der Waals surface area contributed by atoms with Gasteiger partial charge in [0.05, 0.1) is 26.5 Å². The van der Waals surface area contributed by atoms with Crippen LogP contribution < -0.4 is 14.8 Å². The number of thiazole rings is 1. The molecule has 7 heteroatoms. The van der Waals surface area contributed by atoms with Crippen LogP contribution in [0.15, 0.2) is 46.4 Å². The van der Waals surface area contributed by atoms with Crippen LogP contribution in [0, 0.1) is 5.92 Å². The van der Waals surface area contributed by atoms with E-state index in [-0.39, 0.29) is 5.91 Å². The van der Waals surface area contributed by atoms with Crippen molar-refractivity contribution in [3.05, 3.63) is 53.4 Å². The quantitative estimate of drug-likeness (QED) is 0.622. The second-order valence-corrected chi connectivity index (χ2v) is 7.23. The molecule has 3 aromatic rings. The Bertz CT molecular complexity index is 887. The molecule has 0 aliphatic rings. The number of ether oxygens (including phenoxy) is 2. The Morgan fingerprint density at radius 1 is 1.30 bits per heavy atom. The molecule has 0 saturated heterocycles. The fraction of sp³-hybridized carbons (Fsp3) is 0.300. The molecule has 2 aromatic heterocycles. The standard InChI is InChI=1S/C20H22N2O4S/c1-13(2)11-26-17-7-6-14(9-18(17)24-3)20-22-16(12-27-20)19(23)21-10-15-5-4-8-25-15/h4-9,12-13H,10-11H2,1-3H3,(H,21,23). The number of aromatic nitrogens is 1. The zero-order valence-corrected chi connectivity index (χ0v) is 16.3. The van der Waals surface area contributed by atoms with Crippen molar-refractivity contribution >= 4 is 17.2 Å². The van der Waals surface area contributed by atoms with Crippen LogP contribution in [0.25, 0.3) is 10.6 Å². The van der Waals surface area contributed by atoms with E-state index in [2.05, 4.69) is 24.1 Å². The van der Waals surface area contributed by atoms with Crippen LogP contribution in [-0.2, 0) is 6.54 Å². The lowest BCUT2D eigenvalue weighted by Crippen LogP contribution is -2.22. The van der Waals surface area contributed by atoms with Gasteiger partial charge < -0.3 is 19.2 Å². The van der Waals surface area contributed by atoms with Crippen molar-refractivity contribution in [2.45, 2.75) is 20.4 Å². The summed E-state index contributed by atoms with van der Waals surface area (Å²) in [6.07, 6.45) is 1.57. The zero-order valence-electron chi connectivity index (χ0n) is 15.5. The van der Waals surface area contributed by atoms with Crippen LogP contribution in [0.5, 0.6) is 11.5 Å². The third-order valence-corrected chi connectivity index (χ3v) is 4.61. The second-order valence-electron chi connectivity index (χ2n) is 6.37. The molecule has 0 spiro atoms. The maximum Gasteiger partial charge on any atom is 0.271 e. The highest BCUT2D eigenvalue weighted by molar-refractivity contribution is 7.13. The summed E-state index contributed by atoms with van der Waals surface area (Å²) in [6, 6.07) is 9.25. The van der Waals surface area contributed by atoms with Gasteiger partial charge in [-0.25, -0.2) is 4.98 Å². The van der Waals surface area contributed by atoms with Crippen molar-refractivity contribution in [1.29, 1.82) is 0 Å². The number of rotatable bonds is 8. The van der Waals surface area contributed by atoms with Crippen molar-refractivity contribution in [3.8, 4) is 22.1 Å². The van der Waals surface area contributed by atoms with Gasteiger partial charge in [0.2, 0.25) is 0 Å². The molecular formula is C20H22N2O4S.